The van der Waals surface area contributed by atoms with Crippen molar-refractivity contribution in [1.29, 1.82) is 0 Å². The second-order valence-electron chi connectivity index (χ2n) is 4.23. The predicted octanol–water partition coefficient (Wildman–Crippen LogP) is 3.22. The van der Waals surface area contributed by atoms with E-state index in [-0.39, 0.29) is 5.78 Å². The third kappa shape index (κ3) is 1.71. The van der Waals surface area contributed by atoms with Crippen LogP contribution >= 0.6 is 11.8 Å². The summed E-state index contributed by atoms with van der Waals surface area (Å²) >= 11 is 1.70. The first-order valence-corrected chi connectivity index (χ1v) is 6.80. The molecule has 0 radical (unpaired) electrons. The summed E-state index contributed by atoms with van der Waals surface area (Å²) in [6.45, 7) is 2.06. The maximum atomic E-state index is 11.8. The number of Topliss-reactive ketones (excluding diaryl/α,β-unsaturated/α-hetero) is 1. The van der Waals surface area contributed by atoms with Gasteiger partial charge in [-0.25, -0.2) is 0 Å². The van der Waals surface area contributed by atoms with Crippen molar-refractivity contribution >= 4 is 17.5 Å². The quantitative estimate of drug-likeness (QED) is 0.767. The number of hydrogen-bond donors (Lipinski definition) is 0. The summed E-state index contributed by atoms with van der Waals surface area (Å²) in [6, 6.07) is 12.2. The fourth-order valence-electron chi connectivity index (χ4n) is 2.33. The summed E-state index contributed by atoms with van der Waals surface area (Å²) < 4.78 is 2.19. The first-order chi connectivity index (χ1) is 8.27. The van der Waals surface area contributed by atoms with E-state index in [9.17, 15) is 4.79 Å². The molecule has 0 saturated carbocycles. The summed E-state index contributed by atoms with van der Waals surface area (Å²) in [5.41, 5.74) is 4.33. The summed E-state index contributed by atoms with van der Waals surface area (Å²) in [7, 11) is 0. The van der Waals surface area contributed by atoms with Crippen LogP contribution in [-0.2, 0) is 5.75 Å². The lowest BCUT2D eigenvalue weighted by Gasteiger charge is -2.15. The highest BCUT2D eigenvalue weighted by Gasteiger charge is 2.23. The lowest BCUT2D eigenvalue weighted by molar-refractivity contribution is 0.102. The minimum atomic E-state index is 0.258. The van der Waals surface area contributed by atoms with Crippen LogP contribution in [0.25, 0.3) is 5.69 Å². The highest BCUT2D eigenvalue weighted by atomic mass is 32.2. The normalized spacial score (nSPS) is 14.8. The minimum Gasteiger partial charge on any atom is -0.317 e. The average Bonchev–Trinajstić information content (AvgIpc) is 2.68. The number of aryl methyl sites for hydroxylation is 1. The van der Waals surface area contributed by atoms with Gasteiger partial charge < -0.3 is 4.57 Å². The van der Waals surface area contributed by atoms with Gasteiger partial charge in [-0.05, 0) is 25.1 Å². The first kappa shape index (κ1) is 10.7. The zero-order valence-electron chi connectivity index (χ0n) is 9.64. The van der Waals surface area contributed by atoms with E-state index in [2.05, 4.69) is 23.6 Å². The highest BCUT2D eigenvalue weighted by Crippen LogP contribution is 2.30. The summed E-state index contributed by atoms with van der Waals surface area (Å²) in [5.74, 6) is 1.80. The molecule has 0 aliphatic carbocycles. The Hall–Kier alpha value is -1.48. The minimum absolute atomic E-state index is 0.258. The van der Waals surface area contributed by atoms with E-state index in [0.29, 0.717) is 5.75 Å². The highest BCUT2D eigenvalue weighted by molar-refractivity contribution is 7.99. The number of thioether (sulfide) groups is 1. The number of benzene rings is 1. The Labute approximate surface area is 105 Å². The van der Waals surface area contributed by atoms with Gasteiger partial charge in [0.15, 0.2) is 5.78 Å². The third-order valence-corrected chi connectivity index (χ3v) is 4.02. The molecule has 1 aliphatic rings. The fourth-order valence-corrected chi connectivity index (χ4v) is 3.25. The summed E-state index contributed by atoms with van der Waals surface area (Å²) in [6.07, 6.45) is 0. The molecule has 0 atom stereocenters. The summed E-state index contributed by atoms with van der Waals surface area (Å²) in [5, 5.41) is 0. The van der Waals surface area contributed by atoms with Crippen LogP contribution in [0.3, 0.4) is 0 Å². The van der Waals surface area contributed by atoms with Gasteiger partial charge in [-0.2, -0.15) is 0 Å². The van der Waals surface area contributed by atoms with Gasteiger partial charge in [-0.15, -0.1) is 11.8 Å². The monoisotopic (exact) mass is 243 g/mol. The van der Waals surface area contributed by atoms with Crippen LogP contribution in [0.5, 0.6) is 0 Å². The number of carbonyl (C=O) groups is 1. The SMILES string of the molecule is Cc1cc2c(n1-c1ccccc1)CSCC2=O. The molecule has 0 bridgehead atoms. The maximum absolute atomic E-state index is 11.8. The Morgan fingerprint density at radius 2 is 1.94 bits per heavy atom. The number of rotatable bonds is 1. The van der Waals surface area contributed by atoms with Crippen LogP contribution in [0.1, 0.15) is 21.7 Å². The molecule has 0 amide bonds. The smallest absolute Gasteiger partial charge is 0.174 e. The van der Waals surface area contributed by atoms with Gasteiger partial charge in [0.2, 0.25) is 0 Å². The molecule has 0 saturated heterocycles. The molecule has 3 rings (SSSR count). The average molecular weight is 243 g/mol. The number of nitrogens with zero attached hydrogens (tertiary/aromatic N) is 1. The van der Waals surface area contributed by atoms with Crippen molar-refractivity contribution < 1.29 is 4.79 Å². The second kappa shape index (κ2) is 4.08. The van der Waals surface area contributed by atoms with Crippen molar-refractivity contribution in [2.75, 3.05) is 5.75 Å². The van der Waals surface area contributed by atoms with Gasteiger partial charge >= 0.3 is 0 Å². The number of ketones is 1. The van der Waals surface area contributed by atoms with E-state index in [1.54, 1.807) is 11.8 Å². The van der Waals surface area contributed by atoms with Crippen molar-refractivity contribution in [1.82, 2.24) is 4.57 Å². The van der Waals surface area contributed by atoms with Crippen LogP contribution in [0, 0.1) is 6.92 Å². The molecule has 17 heavy (non-hydrogen) atoms. The molecule has 2 nitrogen and oxygen atoms in total. The molecule has 3 heteroatoms. The van der Waals surface area contributed by atoms with E-state index in [4.69, 9.17) is 0 Å². The Balaban J connectivity index is 2.21. The number of carbonyl (C=O) groups excluding carboxylic acids is 1. The maximum Gasteiger partial charge on any atom is 0.174 e. The van der Waals surface area contributed by atoms with E-state index >= 15 is 0 Å². The van der Waals surface area contributed by atoms with E-state index in [1.165, 1.54) is 0 Å². The van der Waals surface area contributed by atoms with E-state index in [0.717, 1.165) is 28.4 Å². The summed E-state index contributed by atoms with van der Waals surface area (Å²) in [4.78, 5) is 11.8. The Bertz CT molecular complexity index is 571. The van der Waals surface area contributed by atoms with Crippen molar-refractivity contribution in [2.24, 2.45) is 0 Å². The number of fused-ring (bicyclic) bond motifs is 1. The topological polar surface area (TPSA) is 22.0 Å². The van der Waals surface area contributed by atoms with Crippen LogP contribution in [-0.4, -0.2) is 16.1 Å². The van der Waals surface area contributed by atoms with Crippen molar-refractivity contribution in [2.45, 2.75) is 12.7 Å². The molecule has 2 heterocycles. The molecule has 1 aliphatic heterocycles. The largest absolute Gasteiger partial charge is 0.317 e. The lowest BCUT2D eigenvalue weighted by atomic mass is 10.2. The van der Waals surface area contributed by atoms with Gasteiger partial charge in [0.05, 0.1) is 5.75 Å². The molecule has 0 fully saturated rings. The molecule has 2 aromatic rings. The van der Waals surface area contributed by atoms with Crippen LogP contribution in [0.2, 0.25) is 0 Å². The number of hydrogen-bond acceptors (Lipinski definition) is 2. The molecular weight excluding hydrogens is 230 g/mol. The molecule has 0 unspecified atom stereocenters. The third-order valence-electron chi connectivity index (χ3n) is 3.07. The zero-order valence-corrected chi connectivity index (χ0v) is 10.5. The van der Waals surface area contributed by atoms with Gasteiger partial charge in [0, 0.05) is 28.4 Å². The zero-order chi connectivity index (χ0) is 11.8. The molecule has 0 spiro atoms. The molecule has 86 valence electrons. The van der Waals surface area contributed by atoms with Gasteiger partial charge in [-0.3, -0.25) is 4.79 Å². The Morgan fingerprint density at radius 3 is 2.71 bits per heavy atom. The van der Waals surface area contributed by atoms with Gasteiger partial charge in [0.25, 0.3) is 0 Å². The van der Waals surface area contributed by atoms with Gasteiger partial charge in [0.1, 0.15) is 0 Å². The standard InChI is InChI=1S/C14H13NOS/c1-10-7-12-13(8-17-9-14(12)16)15(10)11-5-3-2-4-6-11/h2-7H,8-9H2,1H3. The Kier molecular flexibility index (Phi) is 2.56. The molecule has 0 N–H and O–H groups in total. The molecular formula is C14H13NOS. The van der Waals surface area contributed by atoms with Crippen molar-refractivity contribution in [3.8, 4) is 5.69 Å². The number of aromatic nitrogens is 1. The predicted molar refractivity (Wildman–Crippen MR) is 71.0 cm³/mol. The van der Waals surface area contributed by atoms with Crippen LogP contribution in [0.4, 0.5) is 0 Å². The lowest BCUT2D eigenvalue weighted by Crippen LogP contribution is -2.13. The number of para-hydroxylation sites is 1. The molecule has 1 aromatic heterocycles. The van der Waals surface area contributed by atoms with Crippen molar-refractivity contribution in [3.05, 3.63) is 53.3 Å². The second-order valence-corrected chi connectivity index (χ2v) is 5.22. The fraction of sp³-hybridized carbons (Fsp3) is 0.214. The van der Waals surface area contributed by atoms with Crippen LogP contribution in [0.15, 0.2) is 36.4 Å². The van der Waals surface area contributed by atoms with Crippen molar-refractivity contribution in [3.63, 3.8) is 0 Å². The molecule has 1 aromatic carbocycles. The van der Waals surface area contributed by atoms with Gasteiger partial charge in [-0.1, -0.05) is 18.2 Å². The van der Waals surface area contributed by atoms with E-state index in [1.807, 2.05) is 24.3 Å². The van der Waals surface area contributed by atoms with Crippen LogP contribution < -0.4 is 0 Å². The Morgan fingerprint density at radius 1 is 1.18 bits per heavy atom. The van der Waals surface area contributed by atoms with E-state index < -0.39 is 0 Å². The first-order valence-electron chi connectivity index (χ1n) is 5.65.